The molecule has 6 heteroatoms. The summed E-state index contributed by atoms with van der Waals surface area (Å²) >= 11 is 0. The highest BCUT2D eigenvalue weighted by atomic mass is 35.5. The molecule has 4 nitrogen and oxygen atoms in total. The largest absolute Gasteiger partial charge is 0.371 e. The standard InChI is InChI=1S/C15H23N3O.2ClH/c1-3-14(11-16-6-1)4-2-8-18-9-10-19-15(13-18)5-7-17-12-15;;/h1,3,6,11,17H,2,4-5,7-10,12-13H2;2*1H. The minimum absolute atomic E-state index is 0. The first-order valence-electron chi connectivity index (χ1n) is 7.32. The van der Waals surface area contributed by atoms with Gasteiger partial charge in [-0.2, -0.15) is 0 Å². The van der Waals surface area contributed by atoms with E-state index in [-0.39, 0.29) is 30.4 Å². The Balaban J connectivity index is 0.00000110. The molecule has 0 amide bonds. The van der Waals surface area contributed by atoms with Gasteiger partial charge in [0.1, 0.15) is 0 Å². The predicted molar refractivity (Wildman–Crippen MR) is 89.7 cm³/mol. The summed E-state index contributed by atoms with van der Waals surface area (Å²) in [5, 5.41) is 3.43. The molecule has 1 aromatic heterocycles. The molecule has 3 rings (SSSR count). The van der Waals surface area contributed by atoms with Crippen LogP contribution in [0.3, 0.4) is 0 Å². The van der Waals surface area contributed by atoms with Crippen LogP contribution in [0.1, 0.15) is 18.4 Å². The summed E-state index contributed by atoms with van der Waals surface area (Å²) in [6.07, 6.45) is 7.29. The van der Waals surface area contributed by atoms with Crippen molar-refractivity contribution in [1.29, 1.82) is 0 Å². The Morgan fingerprint density at radius 3 is 3.00 bits per heavy atom. The van der Waals surface area contributed by atoms with Crippen LogP contribution in [-0.4, -0.2) is 54.8 Å². The number of hydrogen-bond acceptors (Lipinski definition) is 4. The number of halogens is 2. The van der Waals surface area contributed by atoms with E-state index in [1.165, 1.54) is 18.5 Å². The number of ether oxygens (including phenoxy) is 1. The Labute approximate surface area is 139 Å². The smallest absolute Gasteiger partial charge is 0.0944 e. The van der Waals surface area contributed by atoms with E-state index in [1.54, 1.807) is 0 Å². The van der Waals surface area contributed by atoms with E-state index in [9.17, 15) is 0 Å². The molecule has 0 aromatic carbocycles. The number of nitrogens with one attached hydrogen (secondary N) is 1. The molecule has 1 spiro atoms. The summed E-state index contributed by atoms with van der Waals surface area (Å²) < 4.78 is 6.01. The first-order valence-corrected chi connectivity index (χ1v) is 7.32. The van der Waals surface area contributed by atoms with Gasteiger partial charge in [-0.25, -0.2) is 0 Å². The second-order valence-corrected chi connectivity index (χ2v) is 5.70. The number of pyridine rings is 1. The van der Waals surface area contributed by atoms with Crippen molar-refractivity contribution in [3.63, 3.8) is 0 Å². The highest BCUT2D eigenvalue weighted by molar-refractivity contribution is 5.85. The van der Waals surface area contributed by atoms with Crippen molar-refractivity contribution in [1.82, 2.24) is 15.2 Å². The predicted octanol–water partition coefficient (Wildman–Crippen LogP) is 1.92. The fraction of sp³-hybridized carbons (Fsp3) is 0.667. The summed E-state index contributed by atoms with van der Waals surface area (Å²) in [5.41, 5.74) is 1.44. The maximum absolute atomic E-state index is 6.01. The molecule has 120 valence electrons. The zero-order valence-corrected chi connectivity index (χ0v) is 13.9. The topological polar surface area (TPSA) is 37.4 Å². The number of morpholine rings is 1. The van der Waals surface area contributed by atoms with E-state index in [0.29, 0.717) is 0 Å². The summed E-state index contributed by atoms with van der Waals surface area (Å²) in [6.45, 7) is 6.34. The fourth-order valence-corrected chi connectivity index (χ4v) is 3.15. The SMILES string of the molecule is Cl.Cl.c1cncc(CCCN2CCOC3(CCNC3)C2)c1. The molecular formula is C15H25Cl2N3O. The first-order chi connectivity index (χ1) is 9.36. The summed E-state index contributed by atoms with van der Waals surface area (Å²) in [7, 11) is 0. The van der Waals surface area contributed by atoms with Gasteiger partial charge < -0.3 is 10.1 Å². The lowest BCUT2D eigenvalue weighted by Crippen LogP contribution is -2.53. The zero-order valence-electron chi connectivity index (χ0n) is 12.3. The van der Waals surface area contributed by atoms with E-state index in [4.69, 9.17) is 4.74 Å². The van der Waals surface area contributed by atoms with Crippen LogP contribution in [0, 0.1) is 0 Å². The van der Waals surface area contributed by atoms with Gasteiger partial charge in [-0.15, -0.1) is 24.8 Å². The van der Waals surface area contributed by atoms with E-state index < -0.39 is 0 Å². The third kappa shape index (κ3) is 5.08. The molecule has 21 heavy (non-hydrogen) atoms. The van der Waals surface area contributed by atoms with Gasteiger partial charge >= 0.3 is 0 Å². The number of aryl methyl sites for hydroxylation is 1. The van der Waals surface area contributed by atoms with Gasteiger partial charge in [0.25, 0.3) is 0 Å². The lowest BCUT2D eigenvalue weighted by Gasteiger charge is -2.40. The average Bonchev–Trinajstić information content (AvgIpc) is 2.88. The molecule has 1 unspecified atom stereocenters. The van der Waals surface area contributed by atoms with Gasteiger partial charge in [0.15, 0.2) is 0 Å². The van der Waals surface area contributed by atoms with Gasteiger partial charge in [0.05, 0.1) is 12.2 Å². The van der Waals surface area contributed by atoms with Crippen molar-refractivity contribution in [2.75, 3.05) is 39.3 Å². The van der Waals surface area contributed by atoms with E-state index in [2.05, 4.69) is 21.3 Å². The van der Waals surface area contributed by atoms with Crippen LogP contribution in [0.25, 0.3) is 0 Å². The quantitative estimate of drug-likeness (QED) is 0.913. The van der Waals surface area contributed by atoms with Gasteiger partial charge in [-0.3, -0.25) is 9.88 Å². The highest BCUT2D eigenvalue weighted by Crippen LogP contribution is 2.24. The van der Waals surface area contributed by atoms with Crippen LogP contribution in [0.4, 0.5) is 0 Å². The zero-order chi connectivity index (χ0) is 13.0. The van der Waals surface area contributed by atoms with E-state index >= 15 is 0 Å². The van der Waals surface area contributed by atoms with Crippen LogP contribution < -0.4 is 5.32 Å². The number of hydrogen-bond donors (Lipinski definition) is 1. The molecule has 1 atom stereocenters. The Kier molecular flexibility index (Phi) is 7.92. The van der Waals surface area contributed by atoms with E-state index in [0.717, 1.165) is 45.6 Å². The normalized spacial score (nSPS) is 25.3. The molecule has 3 heterocycles. The summed E-state index contributed by atoms with van der Waals surface area (Å²) in [4.78, 5) is 6.73. The van der Waals surface area contributed by atoms with Crippen molar-refractivity contribution in [3.05, 3.63) is 30.1 Å². The lowest BCUT2D eigenvalue weighted by atomic mass is 10.0. The van der Waals surface area contributed by atoms with E-state index in [1.807, 2.05) is 18.5 Å². The molecule has 0 radical (unpaired) electrons. The Morgan fingerprint density at radius 2 is 2.29 bits per heavy atom. The minimum Gasteiger partial charge on any atom is -0.371 e. The lowest BCUT2D eigenvalue weighted by molar-refractivity contribution is -0.0962. The minimum atomic E-state index is 0. The molecule has 0 saturated carbocycles. The van der Waals surface area contributed by atoms with Crippen LogP contribution in [-0.2, 0) is 11.2 Å². The second kappa shape index (κ2) is 8.91. The number of rotatable bonds is 4. The summed E-state index contributed by atoms with van der Waals surface area (Å²) in [6, 6.07) is 4.18. The maximum atomic E-state index is 6.01. The number of aromatic nitrogens is 1. The molecule has 1 N–H and O–H groups in total. The number of nitrogens with zero attached hydrogens (tertiary/aromatic N) is 2. The first kappa shape index (κ1) is 18.7. The van der Waals surface area contributed by atoms with Crippen LogP contribution in [0.5, 0.6) is 0 Å². The second-order valence-electron chi connectivity index (χ2n) is 5.70. The molecular weight excluding hydrogens is 309 g/mol. The van der Waals surface area contributed by atoms with Crippen molar-refractivity contribution >= 4 is 24.8 Å². The highest BCUT2D eigenvalue weighted by Gasteiger charge is 2.38. The molecule has 2 aliphatic rings. The van der Waals surface area contributed by atoms with Crippen molar-refractivity contribution in [2.45, 2.75) is 24.9 Å². The van der Waals surface area contributed by atoms with Gasteiger partial charge in [-0.05, 0) is 44.0 Å². The van der Waals surface area contributed by atoms with Crippen LogP contribution >= 0.6 is 24.8 Å². The third-order valence-corrected chi connectivity index (χ3v) is 4.19. The third-order valence-electron chi connectivity index (χ3n) is 4.19. The monoisotopic (exact) mass is 333 g/mol. The molecule has 2 aliphatic heterocycles. The molecule has 0 aliphatic carbocycles. The van der Waals surface area contributed by atoms with Crippen molar-refractivity contribution < 1.29 is 4.74 Å². The van der Waals surface area contributed by atoms with Gasteiger partial charge in [0, 0.05) is 32.0 Å². The van der Waals surface area contributed by atoms with Gasteiger partial charge in [0.2, 0.25) is 0 Å². The fourth-order valence-electron chi connectivity index (χ4n) is 3.15. The molecule has 2 saturated heterocycles. The Morgan fingerprint density at radius 1 is 1.38 bits per heavy atom. The Bertz CT molecular complexity index is 399. The van der Waals surface area contributed by atoms with Crippen molar-refractivity contribution in [2.24, 2.45) is 0 Å². The maximum Gasteiger partial charge on any atom is 0.0944 e. The average molecular weight is 334 g/mol. The van der Waals surface area contributed by atoms with Crippen molar-refractivity contribution in [3.8, 4) is 0 Å². The van der Waals surface area contributed by atoms with Crippen LogP contribution in [0.2, 0.25) is 0 Å². The Hall–Kier alpha value is -0.390. The molecule has 0 bridgehead atoms. The van der Waals surface area contributed by atoms with Crippen LogP contribution in [0.15, 0.2) is 24.5 Å². The molecule has 2 fully saturated rings. The summed E-state index contributed by atoms with van der Waals surface area (Å²) in [5.74, 6) is 0. The van der Waals surface area contributed by atoms with Gasteiger partial charge in [-0.1, -0.05) is 6.07 Å². The molecule has 1 aromatic rings.